The van der Waals surface area contributed by atoms with Crippen molar-refractivity contribution in [3.8, 4) is 0 Å². The summed E-state index contributed by atoms with van der Waals surface area (Å²) in [6.07, 6.45) is 1.66. The highest BCUT2D eigenvalue weighted by Gasteiger charge is 2.29. The highest BCUT2D eigenvalue weighted by molar-refractivity contribution is 5.91. The van der Waals surface area contributed by atoms with Crippen LogP contribution in [0.25, 0.3) is 0 Å². The third kappa shape index (κ3) is 3.17. The summed E-state index contributed by atoms with van der Waals surface area (Å²) in [6.45, 7) is 2.41. The number of amides is 1. The maximum absolute atomic E-state index is 13.1. The minimum Gasteiger partial charge on any atom is -0.376 e. The second kappa shape index (κ2) is 6.27. The van der Waals surface area contributed by atoms with Crippen LogP contribution < -0.4 is 5.32 Å². The monoisotopic (exact) mass is 304 g/mol. The molecule has 3 rings (SSSR count). The van der Waals surface area contributed by atoms with Crippen LogP contribution in [0.2, 0.25) is 0 Å². The fourth-order valence-electron chi connectivity index (χ4n) is 2.61. The van der Waals surface area contributed by atoms with Crippen LogP contribution in [0.15, 0.2) is 34.9 Å². The van der Waals surface area contributed by atoms with E-state index >= 15 is 0 Å². The van der Waals surface area contributed by atoms with Crippen LogP contribution in [0.1, 0.15) is 40.7 Å². The number of ether oxygens (including phenoxy) is 1. The third-order valence-electron chi connectivity index (χ3n) is 3.70. The first kappa shape index (κ1) is 14.7. The van der Waals surface area contributed by atoms with Crippen molar-refractivity contribution < 1.29 is 18.4 Å². The van der Waals surface area contributed by atoms with Crippen LogP contribution in [-0.4, -0.2) is 23.8 Å². The van der Waals surface area contributed by atoms with E-state index in [1.807, 2.05) is 0 Å². The Balaban J connectivity index is 1.82. The maximum atomic E-state index is 13.1. The minimum absolute atomic E-state index is 0.126. The number of halogens is 1. The van der Waals surface area contributed by atoms with Crippen molar-refractivity contribution in [2.45, 2.75) is 31.9 Å². The largest absolute Gasteiger partial charge is 0.376 e. The number of nitrogens with one attached hydrogen (secondary N) is 1. The maximum Gasteiger partial charge on any atom is 0.290 e. The van der Waals surface area contributed by atoms with Crippen molar-refractivity contribution >= 4 is 5.91 Å². The van der Waals surface area contributed by atoms with Gasteiger partial charge in [-0.05, 0) is 37.5 Å². The minimum atomic E-state index is -0.356. The Morgan fingerprint density at radius 3 is 2.77 bits per heavy atom. The number of hydrogen-bond donors (Lipinski definition) is 1. The van der Waals surface area contributed by atoms with Crippen LogP contribution in [0.5, 0.6) is 0 Å². The number of rotatable bonds is 4. The highest BCUT2D eigenvalue weighted by Crippen LogP contribution is 2.27. The predicted molar refractivity (Wildman–Crippen MR) is 76.8 cm³/mol. The lowest BCUT2D eigenvalue weighted by atomic mass is 9.99. The van der Waals surface area contributed by atoms with Gasteiger partial charge in [0, 0.05) is 12.7 Å². The van der Waals surface area contributed by atoms with Crippen LogP contribution in [-0.2, 0) is 4.74 Å². The number of aromatic nitrogens is 1. The molecule has 0 aliphatic carbocycles. The van der Waals surface area contributed by atoms with Gasteiger partial charge >= 0.3 is 0 Å². The van der Waals surface area contributed by atoms with Gasteiger partial charge in [-0.2, -0.15) is 0 Å². The molecule has 1 aromatic heterocycles. The van der Waals surface area contributed by atoms with Gasteiger partial charge in [0.1, 0.15) is 5.82 Å². The molecule has 0 radical (unpaired) electrons. The lowest BCUT2D eigenvalue weighted by Crippen LogP contribution is -2.36. The first-order valence-corrected chi connectivity index (χ1v) is 7.25. The zero-order valence-electron chi connectivity index (χ0n) is 12.2. The molecular weight excluding hydrogens is 287 g/mol. The van der Waals surface area contributed by atoms with E-state index in [1.54, 1.807) is 25.1 Å². The molecule has 6 heteroatoms. The molecule has 0 spiro atoms. The Kier molecular flexibility index (Phi) is 4.20. The van der Waals surface area contributed by atoms with Gasteiger partial charge < -0.3 is 14.6 Å². The number of benzene rings is 1. The third-order valence-corrected chi connectivity index (χ3v) is 3.70. The normalized spacial score (nSPS) is 19.1. The number of hydrogen-bond acceptors (Lipinski definition) is 4. The molecular formula is C16H17FN2O3. The molecule has 116 valence electrons. The zero-order valence-corrected chi connectivity index (χ0v) is 12.2. The fraction of sp³-hybridized carbons (Fsp3) is 0.375. The Hall–Kier alpha value is -2.21. The Bertz CT molecular complexity index is 648. The summed E-state index contributed by atoms with van der Waals surface area (Å²) in [5, 5.41) is 6.61. The van der Waals surface area contributed by atoms with Crippen molar-refractivity contribution in [1.82, 2.24) is 10.5 Å². The molecule has 2 aromatic rings. The molecule has 1 aliphatic rings. The standard InChI is InChI=1S/C16H17FN2O3/c1-10-9-14(22-19-10)16(20)18-15(13-3-2-8-21-13)11-4-6-12(17)7-5-11/h4-7,9,13,15H,2-3,8H2,1H3,(H,18,20)/t13-,15+/m1/s1. The molecule has 2 atom stereocenters. The smallest absolute Gasteiger partial charge is 0.290 e. The van der Waals surface area contributed by atoms with E-state index in [-0.39, 0.29) is 29.6 Å². The molecule has 1 aliphatic heterocycles. The second-order valence-corrected chi connectivity index (χ2v) is 5.39. The van der Waals surface area contributed by atoms with Gasteiger partial charge in [0.15, 0.2) is 0 Å². The molecule has 0 unspecified atom stereocenters. The summed E-state index contributed by atoms with van der Waals surface area (Å²) < 4.78 is 23.8. The molecule has 1 saturated heterocycles. The highest BCUT2D eigenvalue weighted by atomic mass is 19.1. The number of nitrogens with zero attached hydrogens (tertiary/aromatic N) is 1. The van der Waals surface area contributed by atoms with Gasteiger partial charge in [0.05, 0.1) is 17.8 Å². The van der Waals surface area contributed by atoms with E-state index in [2.05, 4.69) is 10.5 Å². The van der Waals surface area contributed by atoms with Gasteiger partial charge in [0.25, 0.3) is 5.91 Å². The summed E-state index contributed by atoms with van der Waals surface area (Å²) in [5.41, 5.74) is 1.44. The van der Waals surface area contributed by atoms with Crippen LogP contribution in [0, 0.1) is 12.7 Å². The van der Waals surface area contributed by atoms with Gasteiger partial charge in [-0.3, -0.25) is 4.79 Å². The van der Waals surface area contributed by atoms with Gasteiger partial charge in [-0.25, -0.2) is 4.39 Å². The van der Waals surface area contributed by atoms with Crippen LogP contribution in [0.4, 0.5) is 4.39 Å². The van der Waals surface area contributed by atoms with Crippen molar-refractivity contribution in [3.05, 3.63) is 53.2 Å². The average molecular weight is 304 g/mol. The molecule has 22 heavy (non-hydrogen) atoms. The van der Waals surface area contributed by atoms with E-state index in [1.165, 1.54) is 12.1 Å². The second-order valence-electron chi connectivity index (χ2n) is 5.39. The Labute approximate surface area is 127 Å². The zero-order chi connectivity index (χ0) is 15.5. The number of carbonyl (C=O) groups excluding carboxylic acids is 1. The molecule has 1 amide bonds. The molecule has 1 N–H and O–H groups in total. The molecule has 1 fully saturated rings. The van der Waals surface area contributed by atoms with Crippen molar-refractivity contribution in [2.24, 2.45) is 0 Å². The summed E-state index contributed by atoms with van der Waals surface area (Å²) >= 11 is 0. The first-order valence-electron chi connectivity index (χ1n) is 7.25. The molecule has 0 saturated carbocycles. The van der Waals surface area contributed by atoms with E-state index in [4.69, 9.17) is 9.26 Å². The van der Waals surface area contributed by atoms with Crippen molar-refractivity contribution in [3.63, 3.8) is 0 Å². The first-order chi connectivity index (χ1) is 10.6. The summed E-state index contributed by atoms with van der Waals surface area (Å²) in [5.74, 6) is -0.514. The SMILES string of the molecule is Cc1cc(C(=O)N[C@@H](c2ccc(F)cc2)[C@H]2CCCO2)on1. The van der Waals surface area contributed by atoms with Gasteiger partial charge in [0.2, 0.25) is 5.76 Å². The fourth-order valence-corrected chi connectivity index (χ4v) is 2.61. The van der Waals surface area contributed by atoms with Crippen LogP contribution in [0.3, 0.4) is 0 Å². The number of aryl methyl sites for hydroxylation is 1. The lowest BCUT2D eigenvalue weighted by Gasteiger charge is -2.24. The predicted octanol–water partition coefficient (Wildman–Crippen LogP) is 2.77. The molecule has 2 heterocycles. The average Bonchev–Trinajstić information content (AvgIpc) is 3.17. The van der Waals surface area contributed by atoms with Crippen LogP contribution >= 0.6 is 0 Å². The van der Waals surface area contributed by atoms with Gasteiger partial charge in [-0.15, -0.1) is 0 Å². The van der Waals surface area contributed by atoms with E-state index < -0.39 is 0 Å². The van der Waals surface area contributed by atoms with E-state index in [0.29, 0.717) is 12.3 Å². The molecule has 5 nitrogen and oxygen atoms in total. The van der Waals surface area contributed by atoms with E-state index in [9.17, 15) is 9.18 Å². The lowest BCUT2D eigenvalue weighted by molar-refractivity contribution is 0.0653. The van der Waals surface area contributed by atoms with Gasteiger partial charge in [-0.1, -0.05) is 17.3 Å². The Morgan fingerprint density at radius 1 is 1.41 bits per heavy atom. The van der Waals surface area contributed by atoms with Crippen molar-refractivity contribution in [1.29, 1.82) is 0 Å². The Morgan fingerprint density at radius 2 is 2.18 bits per heavy atom. The molecule has 0 bridgehead atoms. The van der Waals surface area contributed by atoms with Crippen molar-refractivity contribution in [2.75, 3.05) is 6.61 Å². The number of carbonyl (C=O) groups is 1. The quantitative estimate of drug-likeness (QED) is 0.943. The topological polar surface area (TPSA) is 64.4 Å². The summed E-state index contributed by atoms with van der Waals surface area (Å²) in [7, 11) is 0. The van der Waals surface area contributed by atoms with E-state index in [0.717, 1.165) is 18.4 Å². The summed E-state index contributed by atoms with van der Waals surface area (Å²) in [6, 6.07) is 7.30. The molecule has 1 aromatic carbocycles. The summed E-state index contributed by atoms with van der Waals surface area (Å²) in [4.78, 5) is 12.3.